The summed E-state index contributed by atoms with van der Waals surface area (Å²) in [4.78, 5) is 0.262. The molecule has 5 nitrogen and oxygen atoms in total. The lowest BCUT2D eigenvalue weighted by molar-refractivity contribution is 0.246. The average Bonchev–Trinajstić information content (AvgIpc) is 2.54. The molecule has 1 saturated heterocycles. The van der Waals surface area contributed by atoms with Crippen LogP contribution in [0.5, 0.6) is 11.5 Å². The maximum absolute atomic E-state index is 12.8. The van der Waals surface area contributed by atoms with Crippen molar-refractivity contribution in [1.82, 2.24) is 4.31 Å². The molecule has 0 bridgehead atoms. The highest BCUT2D eigenvalue weighted by Crippen LogP contribution is 2.32. The van der Waals surface area contributed by atoms with Crippen molar-refractivity contribution >= 4 is 10.0 Å². The van der Waals surface area contributed by atoms with E-state index in [1.165, 1.54) is 26.7 Å². The molecule has 1 aromatic carbocycles. The Morgan fingerprint density at radius 1 is 1.13 bits per heavy atom. The first-order valence-electron chi connectivity index (χ1n) is 8.10. The number of piperidine rings is 1. The van der Waals surface area contributed by atoms with Crippen LogP contribution in [-0.4, -0.2) is 40.0 Å². The number of hydrogen-bond acceptors (Lipinski definition) is 4. The third-order valence-electron chi connectivity index (χ3n) is 4.37. The minimum absolute atomic E-state index is 0.262. The van der Waals surface area contributed by atoms with Crippen molar-refractivity contribution in [3.8, 4) is 11.5 Å². The summed E-state index contributed by atoms with van der Waals surface area (Å²) in [7, 11) is -0.435. The molecule has 1 aliphatic heterocycles. The van der Waals surface area contributed by atoms with Crippen LogP contribution in [0.2, 0.25) is 0 Å². The van der Waals surface area contributed by atoms with E-state index in [2.05, 4.69) is 13.8 Å². The van der Waals surface area contributed by atoms with Crippen molar-refractivity contribution in [3.63, 3.8) is 0 Å². The van der Waals surface area contributed by atoms with Crippen molar-refractivity contribution in [2.24, 2.45) is 11.8 Å². The highest BCUT2D eigenvalue weighted by Gasteiger charge is 2.30. The molecular weight excluding hydrogens is 314 g/mol. The summed E-state index contributed by atoms with van der Waals surface area (Å²) in [5.41, 5.74) is 0. The van der Waals surface area contributed by atoms with E-state index in [0.29, 0.717) is 36.4 Å². The van der Waals surface area contributed by atoms with Crippen molar-refractivity contribution in [3.05, 3.63) is 18.2 Å². The Morgan fingerprint density at radius 3 is 2.26 bits per heavy atom. The first-order chi connectivity index (χ1) is 10.9. The smallest absolute Gasteiger partial charge is 0.243 e. The van der Waals surface area contributed by atoms with Gasteiger partial charge in [0.2, 0.25) is 10.0 Å². The molecule has 1 aliphatic rings. The third-order valence-corrected chi connectivity index (χ3v) is 6.27. The standard InChI is InChI=1S/C17H27NO4S/c1-13(2)11-14-7-9-18(10-8-14)23(19,20)15-5-6-16(21-3)17(12-15)22-4/h5-6,12-14H,7-11H2,1-4H3. The Morgan fingerprint density at radius 2 is 1.74 bits per heavy atom. The van der Waals surface area contributed by atoms with Gasteiger partial charge in [0.25, 0.3) is 0 Å². The first-order valence-corrected chi connectivity index (χ1v) is 9.54. The largest absolute Gasteiger partial charge is 0.493 e. The van der Waals surface area contributed by atoms with Gasteiger partial charge in [-0.25, -0.2) is 8.42 Å². The van der Waals surface area contributed by atoms with Crippen molar-refractivity contribution in [2.75, 3.05) is 27.3 Å². The quantitative estimate of drug-likeness (QED) is 0.797. The molecule has 0 N–H and O–H groups in total. The molecule has 6 heteroatoms. The fraction of sp³-hybridized carbons (Fsp3) is 0.647. The number of methoxy groups -OCH3 is 2. The van der Waals surface area contributed by atoms with E-state index in [-0.39, 0.29) is 4.90 Å². The predicted molar refractivity (Wildman–Crippen MR) is 90.5 cm³/mol. The molecule has 0 aromatic heterocycles. The summed E-state index contributed by atoms with van der Waals surface area (Å²) in [5.74, 6) is 2.26. The summed E-state index contributed by atoms with van der Waals surface area (Å²) < 4.78 is 37.6. The van der Waals surface area contributed by atoms with Crippen LogP contribution >= 0.6 is 0 Å². The first kappa shape index (κ1) is 18.1. The van der Waals surface area contributed by atoms with E-state index in [0.717, 1.165) is 12.8 Å². The zero-order valence-corrected chi connectivity index (χ0v) is 15.2. The maximum Gasteiger partial charge on any atom is 0.243 e. The maximum atomic E-state index is 12.8. The summed E-state index contributed by atoms with van der Waals surface area (Å²) in [6, 6.07) is 4.75. The van der Waals surface area contributed by atoms with Gasteiger partial charge in [-0.05, 0) is 43.2 Å². The zero-order valence-electron chi connectivity index (χ0n) is 14.4. The summed E-state index contributed by atoms with van der Waals surface area (Å²) in [5, 5.41) is 0. The summed E-state index contributed by atoms with van der Waals surface area (Å²) in [6.07, 6.45) is 3.04. The van der Waals surface area contributed by atoms with E-state index in [4.69, 9.17) is 9.47 Å². The number of sulfonamides is 1. The Balaban J connectivity index is 2.13. The van der Waals surface area contributed by atoms with Crippen LogP contribution in [0.15, 0.2) is 23.1 Å². The molecule has 0 aliphatic carbocycles. The van der Waals surface area contributed by atoms with E-state index in [1.807, 2.05) is 0 Å². The van der Waals surface area contributed by atoms with E-state index in [9.17, 15) is 8.42 Å². The van der Waals surface area contributed by atoms with Crippen LogP contribution in [0, 0.1) is 11.8 Å². The minimum Gasteiger partial charge on any atom is -0.493 e. The molecule has 0 spiro atoms. The van der Waals surface area contributed by atoms with E-state index < -0.39 is 10.0 Å². The molecule has 0 unspecified atom stereocenters. The fourth-order valence-electron chi connectivity index (χ4n) is 3.18. The lowest BCUT2D eigenvalue weighted by atomic mass is 9.89. The molecule has 2 rings (SSSR count). The highest BCUT2D eigenvalue weighted by molar-refractivity contribution is 7.89. The van der Waals surface area contributed by atoms with Crippen molar-refractivity contribution in [2.45, 2.75) is 38.0 Å². The van der Waals surface area contributed by atoms with Crippen LogP contribution in [0.3, 0.4) is 0 Å². The third kappa shape index (κ3) is 4.18. The Hall–Kier alpha value is -1.27. The monoisotopic (exact) mass is 341 g/mol. The minimum atomic E-state index is -3.47. The van der Waals surface area contributed by atoms with Gasteiger partial charge in [-0.2, -0.15) is 4.31 Å². The Labute approximate surface area is 139 Å². The van der Waals surface area contributed by atoms with Crippen LogP contribution in [0.1, 0.15) is 33.1 Å². The number of benzene rings is 1. The highest BCUT2D eigenvalue weighted by atomic mass is 32.2. The second kappa shape index (κ2) is 7.53. The second-order valence-electron chi connectivity index (χ2n) is 6.49. The number of hydrogen-bond donors (Lipinski definition) is 0. The normalized spacial score (nSPS) is 17.4. The molecule has 130 valence electrons. The van der Waals surface area contributed by atoms with Crippen LogP contribution in [0.4, 0.5) is 0 Å². The molecule has 1 heterocycles. The van der Waals surface area contributed by atoms with Crippen LogP contribution in [0.25, 0.3) is 0 Å². The average molecular weight is 341 g/mol. The molecule has 0 amide bonds. The zero-order chi connectivity index (χ0) is 17.0. The molecule has 1 fully saturated rings. The van der Waals surface area contributed by atoms with Crippen LogP contribution < -0.4 is 9.47 Å². The number of rotatable bonds is 6. The molecule has 0 atom stereocenters. The fourth-order valence-corrected chi connectivity index (χ4v) is 4.66. The number of nitrogens with zero attached hydrogens (tertiary/aromatic N) is 1. The molecule has 0 saturated carbocycles. The van der Waals surface area contributed by atoms with Gasteiger partial charge in [0.1, 0.15) is 0 Å². The lowest BCUT2D eigenvalue weighted by Gasteiger charge is -2.32. The topological polar surface area (TPSA) is 55.8 Å². The van der Waals surface area contributed by atoms with Gasteiger partial charge in [0.05, 0.1) is 19.1 Å². The number of ether oxygens (including phenoxy) is 2. The Kier molecular flexibility index (Phi) is 5.92. The van der Waals surface area contributed by atoms with Gasteiger partial charge in [0, 0.05) is 19.2 Å². The van der Waals surface area contributed by atoms with E-state index >= 15 is 0 Å². The second-order valence-corrected chi connectivity index (χ2v) is 8.43. The predicted octanol–water partition coefficient (Wildman–Crippen LogP) is 3.15. The summed E-state index contributed by atoms with van der Waals surface area (Å²) >= 11 is 0. The van der Waals surface area contributed by atoms with Gasteiger partial charge in [-0.15, -0.1) is 0 Å². The van der Waals surface area contributed by atoms with Gasteiger partial charge in [0.15, 0.2) is 11.5 Å². The SMILES string of the molecule is COc1ccc(S(=O)(=O)N2CCC(CC(C)C)CC2)cc1OC. The van der Waals surface area contributed by atoms with E-state index in [1.54, 1.807) is 16.4 Å². The molecule has 1 aromatic rings. The van der Waals surface area contributed by atoms with Crippen LogP contribution in [-0.2, 0) is 10.0 Å². The van der Waals surface area contributed by atoms with Gasteiger partial charge < -0.3 is 9.47 Å². The Bertz CT molecular complexity index is 619. The van der Waals surface area contributed by atoms with Crippen molar-refractivity contribution in [1.29, 1.82) is 0 Å². The molecule has 23 heavy (non-hydrogen) atoms. The lowest BCUT2D eigenvalue weighted by Crippen LogP contribution is -2.38. The van der Waals surface area contributed by atoms with Crippen molar-refractivity contribution < 1.29 is 17.9 Å². The molecule has 0 radical (unpaired) electrons. The van der Waals surface area contributed by atoms with Gasteiger partial charge in [-0.1, -0.05) is 13.8 Å². The van der Waals surface area contributed by atoms with Gasteiger partial charge in [-0.3, -0.25) is 0 Å². The molecular formula is C17H27NO4S. The summed E-state index contributed by atoms with van der Waals surface area (Å²) in [6.45, 7) is 5.61. The van der Waals surface area contributed by atoms with Gasteiger partial charge >= 0.3 is 0 Å².